The van der Waals surface area contributed by atoms with Crippen LogP contribution in [0.5, 0.6) is 0 Å². The predicted molar refractivity (Wildman–Crippen MR) is 69.0 cm³/mol. The number of aliphatic hydroxyl groups is 1. The molecule has 94 valence electrons. The van der Waals surface area contributed by atoms with Gasteiger partial charge in [0.1, 0.15) is 0 Å². The van der Waals surface area contributed by atoms with Crippen molar-refractivity contribution in [3.8, 4) is 0 Å². The third kappa shape index (κ3) is 3.30. The first-order valence-electron chi connectivity index (χ1n) is 6.14. The Morgan fingerprint density at radius 2 is 2.24 bits per heavy atom. The Labute approximate surface area is 106 Å². The lowest BCUT2D eigenvalue weighted by Gasteiger charge is -2.26. The molecule has 2 N–H and O–H groups in total. The van der Waals surface area contributed by atoms with Crippen LogP contribution in [-0.2, 0) is 11.2 Å². The number of carbonyl (C=O) groups excluding carboxylic acids is 1. The minimum Gasteiger partial charge on any atom is -0.396 e. The van der Waals surface area contributed by atoms with Crippen molar-refractivity contribution in [3.05, 3.63) is 22.4 Å². The van der Waals surface area contributed by atoms with E-state index in [0.717, 1.165) is 17.7 Å². The van der Waals surface area contributed by atoms with Crippen molar-refractivity contribution in [1.29, 1.82) is 0 Å². The average Bonchev–Trinajstić information content (AvgIpc) is 2.98. The number of carbonyl (C=O) groups is 1. The van der Waals surface area contributed by atoms with E-state index in [-0.39, 0.29) is 17.9 Å². The van der Waals surface area contributed by atoms with Crippen molar-refractivity contribution >= 4 is 17.2 Å². The van der Waals surface area contributed by atoms with Gasteiger partial charge in [0.2, 0.25) is 5.91 Å². The maximum atomic E-state index is 11.7. The fourth-order valence-electron chi connectivity index (χ4n) is 2.44. The van der Waals surface area contributed by atoms with Crippen LogP contribution in [-0.4, -0.2) is 24.2 Å². The fraction of sp³-hybridized carbons (Fsp3) is 0.615. The largest absolute Gasteiger partial charge is 0.396 e. The molecular weight excluding hydrogens is 234 g/mol. The molecule has 1 saturated carbocycles. The molecule has 0 saturated heterocycles. The van der Waals surface area contributed by atoms with Crippen LogP contribution in [0.15, 0.2) is 17.5 Å². The van der Waals surface area contributed by atoms with Crippen molar-refractivity contribution in [1.82, 2.24) is 5.32 Å². The van der Waals surface area contributed by atoms with Crippen LogP contribution >= 0.6 is 11.3 Å². The van der Waals surface area contributed by atoms with Gasteiger partial charge in [0.25, 0.3) is 0 Å². The summed E-state index contributed by atoms with van der Waals surface area (Å²) in [6, 6.07) is 3.93. The Balaban J connectivity index is 1.79. The maximum Gasteiger partial charge on any atom is 0.225 e. The highest BCUT2D eigenvalue weighted by molar-refractivity contribution is 7.10. The maximum absolute atomic E-state index is 11.7. The summed E-state index contributed by atoms with van der Waals surface area (Å²) in [5.41, 5.74) is -0.0505. The zero-order valence-corrected chi connectivity index (χ0v) is 10.8. The van der Waals surface area contributed by atoms with Gasteiger partial charge < -0.3 is 10.4 Å². The minimum absolute atomic E-state index is 0.0505. The molecule has 1 aromatic rings. The first kappa shape index (κ1) is 12.6. The van der Waals surface area contributed by atoms with Gasteiger partial charge in [0.15, 0.2) is 0 Å². The van der Waals surface area contributed by atoms with Gasteiger partial charge in [-0.1, -0.05) is 18.9 Å². The van der Waals surface area contributed by atoms with Crippen molar-refractivity contribution in [2.75, 3.05) is 13.2 Å². The Morgan fingerprint density at radius 3 is 2.82 bits per heavy atom. The zero-order chi connectivity index (χ0) is 12.1. The highest BCUT2D eigenvalue weighted by Gasteiger charge is 2.33. The van der Waals surface area contributed by atoms with Crippen LogP contribution in [0.25, 0.3) is 0 Å². The molecule has 1 amide bonds. The Kier molecular flexibility index (Phi) is 4.18. The number of rotatable bonds is 5. The molecule has 3 nitrogen and oxygen atoms in total. The molecule has 0 aromatic carbocycles. The van der Waals surface area contributed by atoms with Crippen molar-refractivity contribution in [3.63, 3.8) is 0 Å². The van der Waals surface area contributed by atoms with Gasteiger partial charge in [-0.3, -0.25) is 4.79 Å². The Morgan fingerprint density at radius 1 is 1.47 bits per heavy atom. The Hall–Kier alpha value is -0.870. The minimum atomic E-state index is -0.0505. The molecule has 0 atom stereocenters. The van der Waals surface area contributed by atoms with E-state index in [0.29, 0.717) is 13.0 Å². The number of thiophene rings is 1. The summed E-state index contributed by atoms with van der Waals surface area (Å²) < 4.78 is 0. The van der Waals surface area contributed by atoms with Crippen LogP contribution in [0.1, 0.15) is 30.6 Å². The Bertz CT molecular complexity index is 356. The van der Waals surface area contributed by atoms with Gasteiger partial charge in [0.05, 0.1) is 13.0 Å². The van der Waals surface area contributed by atoms with E-state index >= 15 is 0 Å². The summed E-state index contributed by atoms with van der Waals surface area (Å²) in [5.74, 6) is 0.0622. The topological polar surface area (TPSA) is 49.3 Å². The molecule has 0 spiro atoms. The summed E-state index contributed by atoms with van der Waals surface area (Å²) >= 11 is 1.60. The first-order valence-corrected chi connectivity index (χ1v) is 7.02. The first-order chi connectivity index (χ1) is 8.24. The molecule has 1 aromatic heterocycles. The van der Waals surface area contributed by atoms with Crippen LogP contribution in [0.2, 0.25) is 0 Å². The van der Waals surface area contributed by atoms with Gasteiger partial charge >= 0.3 is 0 Å². The van der Waals surface area contributed by atoms with Crippen molar-refractivity contribution < 1.29 is 9.90 Å². The molecule has 1 aliphatic carbocycles. The quantitative estimate of drug-likeness (QED) is 0.842. The highest BCUT2D eigenvalue weighted by atomic mass is 32.1. The van der Waals surface area contributed by atoms with E-state index in [1.165, 1.54) is 12.8 Å². The van der Waals surface area contributed by atoms with E-state index in [2.05, 4.69) is 5.32 Å². The summed E-state index contributed by atoms with van der Waals surface area (Å²) in [6.07, 6.45) is 4.85. The smallest absolute Gasteiger partial charge is 0.225 e. The van der Waals surface area contributed by atoms with Crippen molar-refractivity contribution in [2.24, 2.45) is 5.41 Å². The second-order valence-electron chi connectivity index (χ2n) is 4.90. The summed E-state index contributed by atoms with van der Waals surface area (Å²) in [7, 11) is 0. The second kappa shape index (κ2) is 5.65. The third-order valence-corrected chi connectivity index (χ3v) is 4.45. The van der Waals surface area contributed by atoms with Crippen LogP contribution in [0, 0.1) is 5.41 Å². The summed E-state index contributed by atoms with van der Waals surface area (Å²) in [5, 5.41) is 14.4. The SMILES string of the molecule is O=C(Cc1cccs1)NCC1(CO)CCCC1. The fourth-order valence-corrected chi connectivity index (χ4v) is 3.14. The molecule has 0 unspecified atom stereocenters. The molecule has 0 bridgehead atoms. The third-order valence-electron chi connectivity index (χ3n) is 3.58. The predicted octanol–water partition coefficient (Wildman–Crippen LogP) is 1.96. The zero-order valence-electron chi connectivity index (χ0n) is 9.95. The number of amides is 1. The molecule has 0 radical (unpaired) electrons. The second-order valence-corrected chi connectivity index (χ2v) is 5.93. The monoisotopic (exact) mass is 253 g/mol. The van der Waals surface area contributed by atoms with Gasteiger partial charge in [-0.2, -0.15) is 0 Å². The van der Waals surface area contributed by atoms with Crippen molar-refractivity contribution in [2.45, 2.75) is 32.1 Å². The van der Waals surface area contributed by atoms with E-state index in [1.807, 2.05) is 17.5 Å². The van der Waals surface area contributed by atoms with E-state index < -0.39 is 0 Å². The summed E-state index contributed by atoms with van der Waals surface area (Å²) in [6.45, 7) is 0.806. The van der Waals surface area contributed by atoms with Gasteiger partial charge in [-0.15, -0.1) is 11.3 Å². The number of hydrogen-bond acceptors (Lipinski definition) is 3. The molecule has 2 rings (SSSR count). The van der Waals surface area contributed by atoms with Gasteiger partial charge in [-0.05, 0) is 24.3 Å². The van der Waals surface area contributed by atoms with Crippen LogP contribution in [0.3, 0.4) is 0 Å². The number of aliphatic hydroxyl groups excluding tert-OH is 1. The van der Waals surface area contributed by atoms with E-state index in [9.17, 15) is 9.90 Å². The highest BCUT2D eigenvalue weighted by Crippen LogP contribution is 2.36. The molecule has 1 fully saturated rings. The van der Waals surface area contributed by atoms with E-state index in [1.54, 1.807) is 11.3 Å². The lowest BCUT2D eigenvalue weighted by Crippen LogP contribution is -2.38. The van der Waals surface area contributed by atoms with Crippen LogP contribution in [0.4, 0.5) is 0 Å². The standard InChI is InChI=1S/C13H19NO2S/c15-10-13(5-1-2-6-13)9-14-12(16)8-11-4-3-7-17-11/h3-4,7,15H,1-2,5-6,8-10H2,(H,14,16). The summed E-state index contributed by atoms with van der Waals surface area (Å²) in [4.78, 5) is 12.8. The van der Waals surface area contributed by atoms with Gasteiger partial charge in [-0.25, -0.2) is 0 Å². The molecule has 0 aliphatic heterocycles. The average molecular weight is 253 g/mol. The lowest BCUT2D eigenvalue weighted by molar-refractivity contribution is -0.121. The molecule has 17 heavy (non-hydrogen) atoms. The number of hydrogen-bond donors (Lipinski definition) is 2. The molecule has 4 heteroatoms. The van der Waals surface area contributed by atoms with E-state index in [4.69, 9.17) is 0 Å². The van der Waals surface area contributed by atoms with Crippen LogP contribution < -0.4 is 5.32 Å². The number of nitrogens with one attached hydrogen (secondary N) is 1. The lowest BCUT2D eigenvalue weighted by atomic mass is 9.87. The molecule has 1 heterocycles. The normalized spacial score (nSPS) is 18.2. The van der Waals surface area contributed by atoms with Gasteiger partial charge in [0, 0.05) is 16.8 Å². The molecule has 1 aliphatic rings. The molecular formula is C13H19NO2S.